The Hall–Kier alpha value is -1.09. The summed E-state index contributed by atoms with van der Waals surface area (Å²) in [6, 6.07) is 3.48. The fourth-order valence-electron chi connectivity index (χ4n) is 1.39. The number of halogens is 1. The molecule has 0 spiro atoms. The summed E-state index contributed by atoms with van der Waals surface area (Å²) >= 11 is 5.23. The molecule has 0 aromatic carbocycles. The highest BCUT2D eigenvalue weighted by atomic mass is 35.5. The zero-order valence-corrected chi connectivity index (χ0v) is 8.97. The first-order valence-electron chi connectivity index (χ1n) is 4.44. The van der Waals surface area contributed by atoms with E-state index in [9.17, 15) is 9.59 Å². The van der Waals surface area contributed by atoms with Crippen LogP contribution >= 0.6 is 11.6 Å². The molecule has 4 heteroatoms. The van der Waals surface area contributed by atoms with Crippen molar-refractivity contribution < 1.29 is 4.79 Å². The summed E-state index contributed by atoms with van der Waals surface area (Å²) < 4.78 is 1.62. The number of aryl methyl sites for hydroxylation is 1. The third-order valence-corrected chi connectivity index (χ3v) is 2.25. The molecule has 0 aliphatic carbocycles. The van der Waals surface area contributed by atoms with Gasteiger partial charge < -0.3 is 4.57 Å². The van der Waals surface area contributed by atoms with E-state index in [-0.39, 0.29) is 12.0 Å². The second-order valence-electron chi connectivity index (χ2n) is 3.08. The Morgan fingerprint density at radius 2 is 2.14 bits per heavy atom. The molecule has 1 aromatic heterocycles. The largest absolute Gasteiger partial charge is 0.313 e. The van der Waals surface area contributed by atoms with Gasteiger partial charge in [0.2, 0.25) is 5.24 Å². The number of carbonyl (C=O) groups excluding carboxylic acids is 1. The van der Waals surface area contributed by atoms with Gasteiger partial charge in [0.1, 0.15) is 0 Å². The van der Waals surface area contributed by atoms with Crippen molar-refractivity contribution >= 4 is 16.8 Å². The molecule has 1 heterocycles. The van der Waals surface area contributed by atoms with Gasteiger partial charge in [-0.25, -0.2) is 0 Å². The monoisotopic (exact) mass is 213 g/mol. The van der Waals surface area contributed by atoms with Crippen LogP contribution in [0.25, 0.3) is 0 Å². The molecule has 0 N–H and O–H groups in total. The summed E-state index contributed by atoms with van der Waals surface area (Å²) in [7, 11) is 0. The lowest BCUT2D eigenvalue weighted by molar-refractivity contribution is -0.111. The lowest BCUT2D eigenvalue weighted by Gasteiger charge is -2.08. The van der Waals surface area contributed by atoms with Crippen molar-refractivity contribution in [3.63, 3.8) is 0 Å². The van der Waals surface area contributed by atoms with E-state index < -0.39 is 5.24 Å². The van der Waals surface area contributed by atoms with Crippen molar-refractivity contribution in [2.24, 2.45) is 0 Å². The van der Waals surface area contributed by atoms with Crippen LogP contribution < -0.4 is 5.56 Å². The smallest absolute Gasteiger partial charge is 0.254 e. The van der Waals surface area contributed by atoms with Gasteiger partial charge in [-0.1, -0.05) is 6.07 Å². The quantitative estimate of drug-likeness (QED) is 0.714. The van der Waals surface area contributed by atoms with Crippen LogP contribution in [-0.4, -0.2) is 9.81 Å². The maximum atomic E-state index is 11.7. The first-order chi connectivity index (χ1) is 6.56. The summed E-state index contributed by atoms with van der Waals surface area (Å²) in [5.41, 5.74) is 1.22. The van der Waals surface area contributed by atoms with Crippen molar-refractivity contribution in [3.8, 4) is 0 Å². The highest BCUT2D eigenvalue weighted by Crippen LogP contribution is 2.01. The van der Waals surface area contributed by atoms with Crippen molar-refractivity contribution in [1.29, 1.82) is 0 Å². The maximum Gasteiger partial charge on any atom is 0.254 e. The van der Waals surface area contributed by atoms with Gasteiger partial charge in [0.05, 0.1) is 6.42 Å². The molecular formula is C10H12ClNO2. The molecule has 0 saturated heterocycles. The second kappa shape index (κ2) is 4.42. The van der Waals surface area contributed by atoms with Crippen molar-refractivity contribution in [3.05, 3.63) is 33.7 Å². The number of nitrogens with zero attached hydrogens (tertiary/aromatic N) is 1. The van der Waals surface area contributed by atoms with Gasteiger partial charge in [0.25, 0.3) is 5.56 Å². The molecule has 76 valence electrons. The zero-order valence-electron chi connectivity index (χ0n) is 8.21. The van der Waals surface area contributed by atoms with Crippen LogP contribution in [0.4, 0.5) is 0 Å². The molecule has 0 aliphatic rings. The summed E-state index contributed by atoms with van der Waals surface area (Å²) in [5.74, 6) is 0. The molecule has 0 atom stereocenters. The minimum Gasteiger partial charge on any atom is -0.313 e. The summed E-state index contributed by atoms with van der Waals surface area (Å²) in [4.78, 5) is 22.4. The van der Waals surface area contributed by atoms with Crippen molar-refractivity contribution in [2.75, 3.05) is 0 Å². The summed E-state index contributed by atoms with van der Waals surface area (Å²) in [6.45, 7) is 4.35. The van der Waals surface area contributed by atoms with Gasteiger partial charge in [-0.05, 0) is 31.5 Å². The van der Waals surface area contributed by atoms with E-state index in [0.717, 1.165) is 5.69 Å². The molecule has 1 aromatic rings. The average molecular weight is 214 g/mol. The first-order valence-corrected chi connectivity index (χ1v) is 4.81. The number of aromatic nitrogens is 1. The van der Waals surface area contributed by atoms with Crippen LogP contribution in [0.1, 0.15) is 18.2 Å². The Bertz CT molecular complexity index is 409. The topological polar surface area (TPSA) is 39.1 Å². The molecule has 0 saturated carbocycles. The minimum absolute atomic E-state index is 0.000664. The second-order valence-corrected chi connectivity index (χ2v) is 3.50. The highest BCUT2D eigenvalue weighted by molar-refractivity contribution is 6.63. The predicted molar refractivity (Wildman–Crippen MR) is 55.7 cm³/mol. The molecule has 0 radical (unpaired) electrons. The lowest BCUT2D eigenvalue weighted by Crippen LogP contribution is -2.25. The third-order valence-electron chi connectivity index (χ3n) is 2.12. The highest BCUT2D eigenvalue weighted by Gasteiger charge is 2.07. The zero-order chi connectivity index (χ0) is 10.7. The number of hydrogen-bond acceptors (Lipinski definition) is 2. The van der Waals surface area contributed by atoms with E-state index in [0.29, 0.717) is 12.1 Å². The maximum absolute atomic E-state index is 11.7. The van der Waals surface area contributed by atoms with Gasteiger partial charge >= 0.3 is 0 Å². The standard InChI is InChI=1S/C10H12ClNO2/c1-3-12-7(2)4-5-8(10(12)14)6-9(11)13/h4-5H,3,6H2,1-2H3. The number of carbonyl (C=O) groups is 1. The Balaban J connectivity index is 3.22. The molecule has 0 aliphatic heterocycles. The Morgan fingerprint density at radius 1 is 1.50 bits per heavy atom. The summed E-state index contributed by atoms with van der Waals surface area (Å²) in [6.07, 6.45) is 0.000664. The molecule has 14 heavy (non-hydrogen) atoms. The van der Waals surface area contributed by atoms with E-state index in [4.69, 9.17) is 11.6 Å². The van der Waals surface area contributed by atoms with E-state index >= 15 is 0 Å². The van der Waals surface area contributed by atoms with Crippen LogP contribution in [0.3, 0.4) is 0 Å². The van der Waals surface area contributed by atoms with Crippen LogP contribution in [-0.2, 0) is 17.8 Å². The van der Waals surface area contributed by atoms with Gasteiger partial charge in [-0.3, -0.25) is 9.59 Å². The first kappa shape index (κ1) is 11.0. The normalized spacial score (nSPS) is 10.2. The fraction of sp³-hybridized carbons (Fsp3) is 0.400. The Labute approximate surface area is 87.3 Å². The van der Waals surface area contributed by atoms with Gasteiger partial charge in [-0.15, -0.1) is 0 Å². The molecule has 0 amide bonds. The number of pyridine rings is 1. The van der Waals surface area contributed by atoms with E-state index in [1.54, 1.807) is 10.6 Å². The molecule has 3 nitrogen and oxygen atoms in total. The molecule has 0 fully saturated rings. The summed E-state index contributed by atoms with van der Waals surface area (Å²) in [5, 5.41) is -0.506. The molecule has 0 bridgehead atoms. The molecule has 1 rings (SSSR count). The van der Waals surface area contributed by atoms with Crippen LogP contribution in [0.5, 0.6) is 0 Å². The predicted octanol–water partition coefficient (Wildman–Crippen LogP) is 1.48. The average Bonchev–Trinajstić information content (AvgIpc) is 2.10. The fourth-order valence-corrected chi connectivity index (χ4v) is 1.54. The van der Waals surface area contributed by atoms with Gasteiger partial charge in [0, 0.05) is 17.8 Å². The van der Waals surface area contributed by atoms with Crippen molar-refractivity contribution in [2.45, 2.75) is 26.8 Å². The Morgan fingerprint density at radius 3 is 2.64 bits per heavy atom. The number of rotatable bonds is 3. The molecular weight excluding hydrogens is 202 g/mol. The van der Waals surface area contributed by atoms with E-state index in [2.05, 4.69) is 0 Å². The van der Waals surface area contributed by atoms with Crippen molar-refractivity contribution in [1.82, 2.24) is 4.57 Å². The van der Waals surface area contributed by atoms with Gasteiger partial charge in [-0.2, -0.15) is 0 Å². The lowest BCUT2D eigenvalue weighted by atomic mass is 10.2. The van der Waals surface area contributed by atoms with Crippen LogP contribution in [0.2, 0.25) is 0 Å². The SMILES string of the molecule is CCn1c(C)ccc(CC(=O)Cl)c1=O. The minimum atomic E-state index is -0.506. The Kier molecular flexibility index (Phi) is 3.47. The van der Waals surface area contributed by atoms with Crippen LogP contribution in [0, 0.1) is 6.92 Å². The van der Waals surface area contributed by atoms with Gasteiger partial charge in [0.15, 0.2) is 0 Å². The van der Waals surface area contributed by atoms with Crippen LogP contribution in [0.15, 0.2) is 16.9 Å². The molecule has 0 unspecified atom stereocenters. The number of hydrogen-bond donors (Lipinski definition) is 0. The van der Waals surface area contributed by atoms with E-state index in [1.165, 1.54) is 0 Å². The third kappa shape index (κ3) is 2.23. The van der Waals surface area contributed by atoms with E-state index in [1.807, 2.05) is 19.9 Å².